The van der Waals surface area contributed by atoms with Crippen LogP contribution in [-0.4, -0.2) is 42.2 Å². The predicted molar refractivity (Wildman–Crippen MR) is 140 cm³/mol. The summed E-state index contributed by atoms with van der Waals surface area (Å²) in [6.07, 6.45) is 0.558. The first-order valence-electron chi connectivity index (χ1n) is 13.0. The van der Waals surface area contributed by atoms with Crippen LogP contribution in [-0.2, 0) is 30.4 Å². The standard InChI is InChI=1S/C29H33N3O7/c1-16(2)26(27(35)25-17(3)28(36)32-29(25)37)31-24(34)14-20(19-7-5-4-6-8-19)30-23(33)12-10-18-9-11-21-22(13-18)39-15-38-21/h4-9,11,13,16-17,20,25-26H,10,12,14-15H2,1-3H3,(H,30,33)(H,31,34)(H,32,36,37)/t17-,20-,25+,26-/m0/s1. The second-order valence-corrected chi connectivity index (χ2v) is 10.2. The van der Waals surface area contributed by atoms with Crippen LogP contribution >= 0.6 is 0 Å². The van der Waals surface area contributed by atoms with Crippen molar-refractivity contribution in [3.05, 3.63) is 59.7 Å². The van der Waals surface area contributed by atoms with Crippen LogP contribution in [0.15, 0.2) is 48.5 Å². The number of Topliss-reactive ketones (excluding diaryl/α,β-unsaturated/α-hetero) is 1. The predicted octanol–water partition coefficient (Wildman–Crippen LogP) is 2.21. The van der Waals surface area contributed by atoms with E-state index in [0.29, 0.717) is 17.9 Å². The molecule has 0 radical (unpaired) electrons. The van der Waals surface area contributed by atoms with Crippen molar-refractivity contribution in [1.29, 1.82) is 0 Å². The van der Waals surface area contributed by atoms with E-state index in [4.69, 9.17) is 9.47 Å². The molecule has 2 aliphatic rings. The molecule has 3 N–H and O–H groups in total. The first-order chi connectivity index (χ1) is 18.6. The highest BCUT2D eigenvalue weighted by Gasteiger charge is 2.46. The Morgan fingerprint density at radius 1 is 0.949 bits per heavy atom. The smallest absolute Gasteiger partial charge is 0.238 e. The minimum absolute atomic E-state index is 0.109. The van der Waals surface area contributed by atoms with Gasteiger partial charge in [0, 0.05) is 6.42 Å². The number of amides is 4. The minimum Gasteiger partial charge on any atom is -0.454 e. The molecule has 2 aromatic carbocycles. The van der Waals surface area contributed by atoms with E-state index in [1.165, 1.54) is 6.92 Å². The molecule has 10 nitrogen and oxygen atoms in total. The summed E-state index contributed by atoms with van der Waals surface area (Å²) >= 11 is 0. The SMILES string of the molecule is CC(C)[C@H](NC(=O)C[C@H](NC(=O)CCc1ccc2c(c1)OCO2)c1ccccc1)C(=O)[C@@H]1C(=O)NC(=O)[C@H]1C. The van der Waals surface area contributed by atoms with Gasteiger partial charge in [0.25, 0.3) is 0 Å². The Morgan fingerprint density at radius 2 is 1.67 bits per heavy atom. The van der Waals surface area contributed by atoms with Gasteiger partial charge in [-0.15, -0.1) is 0 Å². The van der Waals surface area contributed by atoms with Gasteiger partial charge >= 0.3 is 0 Å². The number of hydrogen-bond donors (Lipinski definition) is 3. The minimum atomic E-state index is -1.15. The molecule has 2 aliphatic heterocycles. The summed E-state index contributed by atoms with van der Waals surface area (Å²) in [5.74, 6) is -3.28. The van der Waals surface area contributed by atoms with Gasteiger partial charge in [0.2, 0.25) is 30.4 Å². The van der Waals surface area contributed by atoms with Crippen LogP contribution in [0.3, 0.4) is 0 Å². The van der Waals surface area contributed by atoms with Gasteiger partial charge in [0.15, 0.2) is 17.3 Å². The summed E-state index contributed by atoms with van der Waals surface area (Å²) in [5.41, 5.74) is 1.66. The molecule has 2 aromatic rings. The molecule has 0 bridgehead atoms. The Hall–Kier alpha value is -4.21. The van der Waals surface area contributed by atoms with Crippen molar-refractivity contribution in [2.45, 2.75) is 52.1 Å². The zero-order chi connectivity index (χ0) is 28.1. The van der Waals surface area contributed by atoms with Crippen molar-refractivity contribution < 1.29 is 33.4 Å². The number of benzene rings is 2. The van der Waals surface area contributed by atoms with Crippen LogP contribution in [0.5, 0.6) is 11.5 Å². The van der Waals surface area contributed by atoms with E-state index in [-0.39, 0.29) is 31.5 Å². The maximum Gasteiger partial charge on any atom is 0.238 e. The molecule has 0 saturated carbocycles. The van der Waals surface area contributed by atoms with E-state index in [1.807, 2.05) is 48.5 Å². The van der Waals surface area contributed by atoms with Crippen LogP contribution in [0.1, 0.15) is 50.8 Å². The molecule has 4 amide bonds. The van der Waals surface area contributed by atoms with Crippen LogP contribution in [0.4, 0.5) is 0 Å². The van der Waals surface area contributed by atoms with Crippen molar-refractivity contribution in [3.8, 4) is 11.5 Å². The fourth-order valence-corrected chi connectivity index (χ4v) is 4.80. The number of rotatable bonds is 11. The van der Waals surface area contributed by atoms with Crippen LogP contribution in [0.2, 0.25) is 0 Å². The number of hydrogen-bond acceptors (Lipinski definition) is 7. The first-order valence-corrected chi connectivity index (χ1v) is 13.0. The number of imide groups is 1. The summed E-state index contributed by atoms with van der Waals surface area (Å²) in [5, 5.41) is 7.88. The van der Waals surface area contributed by atoms with Crippen molar-refractivity contribution in [1.82, 2.24) is 16.0 Å². The summed E-state index contributed by atoms with van der Waals surface area (Å²) in [6.45, 7) is 5.21. The lowest BCUT2D eigenvalue weighted by Gasteiger charge is -2.26. The third-order valence-electron chi connectivity index (χ3n) is 7.04. The van der Waals surface area contributed by atoms with Crippen molar-refractivity contribution in [3.63, 3.8) is 0 Å². The fourth-order valence-electron chi connectivity index (χ4n) is 4.80. The number of aryl methyl sites for hydroxylation is 1. The second kappa shape index (κ2) is 12.1. The summed E-state index contributed by atoms with van der Waals surface area (Å²) in [7, 11) is 0. The monoisotopic (exact) mass is 535 g/mol. The van der Waals surface area contributed by atoms with E-state index >= 15 is 0 Å². The normalized spacial score (nSPS) is 19.4. The topological polar surface area (TPSA) is 140 Å². The van der Waals surface area contributed by atoms with Crippen LogP contribution in [0, 0.1) is 17.8 Å². The van der Waals surface area contributed by atoms with E-state index in [0.717, 1.165) is 11.1 Å². The molecular formula is C29H33N3O7. The Balaban J connectivity index is 1.40. The average molecular weight is 536 g/mol. The van der Waals surface area contributed by atoms with Gasteiger partial charge in [0.1, 0.15) is 5.92 Å². The third-order valence-corrected chi connectivity index (χ3v) is 7.04. The number of ketones is 1. The van der Waals surface area contributed by atoms with Crippen LogP contribution in [0.25, 0.3) is 0 Å². The summed E-state index contributed by atoms with van der Waals surface area (Å²) < 4.78 is 10.7. The molecule has 206 valence electrons. The van der Waals surface area contributed by atoms with E-state index in [2.05, 4.69) is 16.0 Å². The highest BCUT2D eigenvalue weighted by molar-refractivity contribution is 6.16. The zero-order valence-electron chi connectivity index (χ0n) is 22.2. The Bertz CT molecular complexity index is 1260. The Labute approximate surface area is 226 Å². The number of ether oxygens (including phenoxy) is 2. The maximum atomic E-state index is 13.2. The first kappa shape index (κ1) is 27.8. The molecule has 10 heteroatoms. The summed E-state index contributed by atoms with van der Waals surface area (Å²) in [4.78, 5) is 63.4. The van der Waals surface area contributed by atoms with Gasteiger partial charge in [-0.2, -0.15) is 0 Å². The molecule has 0 aromatic heterocycles. The lowest BCUT2D eigenvalue weighted by Crippen LogP contribution is -2.49. The Kier molecular flexibility index (Phi) is 8.63. The molecule has 0 aliphatic carbocycles. The molecule has 39 heavy (non-hydrogen) atoms. The van der Waals surface area contributed by atoms with E-state index in [1.54, 1.807) is 13.8 Å². The maximum absolute atomic E-state index is 13.2. The molecule has 4 atom stereocenters. The zero-order valence-corrected chi connectivity index (χ0v) is 22.2. The van der Waals surface area contributed by atoms with Crippen LogP contribution < -0.4 is 25.4 Å². The molecule has 0 unspecified atom stereocenters. The second-order valence-electron chi connectivity index (χ2n) is 10.2. The number of carbonyl (C=O) groups is 5. The van der Waals surface area contributed by atoms with Gasteiger partial charge < -0.3 is 20.1 Å². The molecular weight excluding hydrogens is 502 g/mol. The number of carbonyl (C=O) groups excluding carboxylic acids is 5. The largest absolute Gasteiger partial charge is 0.454 e. The average Bonchev–Trinajstić information content (AvgIpc) is 3.48. The highest BCUT2D eigenvalue weighted by atomic mass is 16.7. The van der Waals surface area contributed by atoms with Crippen molar-refractivity contribution in [2.75, 3.05) is 6.79 Å². The van der Waals surface area contributed by atoms with E-state index in [9.17, 15) is 24.0 Å². The molecule has 0 spiro atoms. The van der Waals surface area contributed by atoms with Gasteiger partial charge in [-0.3, -0.25) is 29.3 Å². The number of fused-ring (bicyclic) bond motifs is 1. The van der Waals surface area contributed by atoms with Gasteiger partial charge in [-0.1, -0.05) is 57.2 Å². The molecule has 4 rings (SSSR count). The molecule has 1 fully saturated rings. The van der Waals surface area contributed by atoms with Crippen molar-refractivity contribution >= 4 is 29.4 Å². The lowest BCUT2D eigenvalue weighted by atomic mass is 9.85. The third kappa shape index (κ3) is 6.63. The van der Waals surface area contributed by atoms with Gasteiger partial charge in [0.05, 0.1) is 24.4 Å². The van der Waals surface area contributed by atoms with Crippen molar-refractivity contribution in [2.24, 2.45) is 17.8 Å². The molecule has 2 heterocycles. The quantitative estimate of drug-likeness (QED) is 0.296. The van der Waals surface area contributed by atoms with Gasteiger partial charge in [-0.05, 0) is 35.6 Å². The van der Waals surface area contributed by atoms with E-state index < -0.39 is 47.4 Å². The number of nitrogens with one attached hydrogen (secondary N) is 3. The Morgan fingerprint density at radius 3 is 2.33 bits per heavy atom. The summed E-state index contributed by atoms with van der Waals surface area (Å²) in [6, 6.07) is 13.1. The molecule has 1 saturated heterocycles. The fraction of sp³-hybridized carbons (Fsp3) is 0.414. The highest BCUT2D eigenvalue weighted by Crippen LogP contribution is 2.33. The van der Waals surface area contributed by atoms with Gasteiger partial charge in [-0.25, -0.2) is 0 Å². The lowest BCUT2D eigenvalue weighted by molar-refractivity contribution is -0.137.